The molecule has 0 aliphatic rings. The summed E-state index contributed by atoms with van der Waals surface area (Å²) < 4.78 is 11.1. The molecule has 0 amide bonds. The van der Waals surface area contributed by atoms with Gasteiger partial charge in [-0.3, -0.25) is 0 Å². The summed E-state index contributed by atoms with van der Waals surface area (Å²) in [6.45, 7) is 5.28. The maximum atomic E-state index is 5.83. The third-order valence-corrected chi connectivity index (χ3v) is 4.20. The van der Waals surface area contributed by atoms with Crippen LogP contribution in [0, 0.1) is 0 Å². The number of hydrogen-bond acceptors (Lipinski definition) is 6. The second-order valence-corrected chi connectivity index (χ2v) is 5.65. The van der Waals surface area contributed by atoms with Crippen molar-refractivity contribution >= 4 is 27.5 Å². The van der Waals surface area contributed by atoms with Crippen LogP contribution in [0.3, 0.4) is 0 Å². The van der Waals surface area contributed by atoms with Gasteiger partial charge in [0.2, 0.25) is 11.8 Å². The van der Waals surface area contributed by atoms with Crippen LogP contribution in [0.5, 0.6) is 5.88 Å². The smallest absolute Gasteiger partial charge is 0.227 e. The Hall–Kier alpha value is -2.08. The van der Waals surface area contributed by atoms with E-state index in [1.54, 1.807) is 17.6 Å². The van der Waals surface area contributed by atoms with E-state index in [2.05, 4.69) is 28.3 Å². The predicted molar refractivity (Wildman–Crippen MR) is 84.0 cm³/mol. The van der Waals surface area contributed by atoms with Gasteiger partial charge in [-0.15, -0.1) is 11.3 Å². The number of hydrogen-bond donors (Lipinski definition) is 1. The highest BCUT2D eigenvalue weighted by Gasteiger charge is 2.13. The van der Waals surface area contributed by atoms with E-state index in [-0.39, 0.29) is 0 Å². The van der Waals surface area contributed by atoms with E-state index in [1.807, 2.05) is 19.1 Å². The Bertz CT molecular complexity index is 722. The summed E-state index contributed by atoms with van der Waals surface area (Å²) >= 11 is 1.68. The molecule has 3 heterocycles. The first-order valence-electron chi connectivity index (χ1n) is 6.99. The zero-order valence-corrected chi connectivity index (χ0v) is 12.9. The summed E-state index contributed by atoms with van der Waals surface area (Å²) in [5.41, 5.74) is 0. The minimum atomic E-state index is 0.363. The Morgan fingerprint density at radius 2 is 2.24 bits per heavy atom. The van der Waals surface area contributed by atoms with Crippen LogP contribution in [0.2, 0.25) is 0 Å². The summed E-state index contributed by atoms with van der Waals surface area (Å²) in [5.74, 6) is 1.98. The molecule has 3 aromatic rings. The molecule has 6 heteroatoms. The number of ether oxygens (including phenoxy) is 1. The average molecular weight is 303 g/mol. The maximum Gasteiger partial charge on any atom is 0.227 e. The van der Waals surface area contributed by atoms with Gasteiger partial charge in [-0.2, -0.15) is 4.98 Å². The van der Waals surface area contributed by atoms with Crippen LogP contribution in [0.15, 0.2) is 28.9 Å². The summed E-state index contributed by atoms with van der Waals surface area (Å²) in [6.07, 6.45) is 2.62. The third kappa shape index (κ3) is 3.00. The minimum absolute atomic E-state index is 0.363. The summed E-state index contributed by atoms with van der Waals surface area (Å²) in [6, 6.07) is 5.83. The van der Waals surface area contributed by atoms with E-state index in [1.165, 1.54) is 4.88 Å². The molecule has 3 aromatic heterocycles. The Morgan fingerprint density at radius 1 is 1.33 bits per heavy atom. The predicted octanol–water partition coefficient (Wildman–Crippen LogP) is 3.86. The fourth-order valence-corrected chi connectivity index (χ4v) is 2.96. The van der Waals surface area contributed by atoms with E-state index < -0.39 is 0 Å². The summed E-state index contributed by atoms with van der Waals surface area (Å²) in [5, 5.41) is 4.10. The molecular formula is C15H17N3O2S. The standard InChI is InChI=1S/C15H17N3O2S/c1-3-11-8-12-13(20-9-10-6-5-7-19-10)17-15(16-4-2)18-14(12)21-11/h5-8H,3-4,9H2,1-2H3,(H,16,17,18). The quantitative estimate of drug-likeness (QED) is 0.749. The lowest BCUT2D eigenvalue weighted by Gasteiger charge is -2.07. The van der Waals surface area contributed by atoms with Gasteiger partial charge in [0, 0.05) is 11.4 Å². The summed E-state index contributed by atoms with van der Waals surface area (Å²) in [4.78, 5) is 11.2. The zero-order chi connectivity index (χ0) is 14.7. The van der Waals surface area contributed by atoms with Crippen LogP contribution in [0.25, 0.3) is 10.2 Å². The van der Waals surface area contributed by atoms with Crippen molar-refractivity contribution in [3.8, 4) is 5.88 Å². The summed E-state index contributed by atoms with van der Waals surface area (Å²) in [7, 11) is 0. The van der Waals surface area contributed by atoms with Crippen LogP contribution in [0.1, 0.15) is 24.5 Å². The number of fused-ring (bicyclic) bond motifs is 1. The molecule has 0 fully saturated rings. The molecular weight excluding hydrogens is 286 g/mol. The maximum absolute atomic E-state index is 5.83. The molecule has 0 atom stereocenters. The molecule has 110 valence electrons. The fourth-order valence-electron chi connectivity index (χ4n) is 2.00. The SMILES string of the molecule is CCNc1nc(OCc2ccco2)c2cc(CC)sc2n1. The van der Waals surface area contributed by atoms with Crippen molar-refractivity contribution in [1.29, 1.82) is 0 Å². The average Bonchev–Trinajstić information content (AvgIpc) is 3.14. The fraction of sp³-hybridized carbons (Fsp3) is 0.333. The topological polar surface area (TPSA) is 60.2 Å². The molecule has 1 N–H and O–H groups in total. The van der Waals surface area contributed by atoms with Crippen molar-refractivity contribution in [1.82, 2.24) is 9.97 Å². The molecule has 0 bridgehead atoms. The van der Waals surface area contributed by atoms with Gasteiger partial charge in [0.1, 0.15) is 17.2 Å². The lowest BCUT2D eigenvalue weighted by Crippen LogP contribution is -2.04. The monoisotopic (exact) mass is 303 g/mol. The number of aromatic nitrogens is 2. The lowest BCUT2D eigenvalue weighted by atomic mass is 10.3. The Kier molecular flexibility index (Phi) is 4.06. The molecule has 0 saturated carbocycles. The number of nitrogens with one attached hydrogen (secondary N) is 1. The van der Waals surface area contributed by atoms with Crippen LogP contribution in [0.4, 0.5) is 5.95 Å². The molecule has 0 aliphatic heterocycles. The molecule has 0 aliphatic carbocycles. The Morgan fingerprint density at radius 3 is 2.95 bits per heavy atom. The molecule has 21 heavy (non-hydrogen) atoms. The van der Waals surface area contributed by atoms with Crippen LogP contribution >= 0.6 is 11.3 Å². The highest BCUT2D eigenvalue weighted by atomic mass is 32.1. The molecule has 0 aromatic carbocycles. The Labute approximate surface area is 127 Å². The highest BCUT2D eigenvalue weighted by Crippen LogP contribution is 2.32. The molecule has 5 nitrogen and oxygen atoms in total. The van der Waals surface area contributed by atoms with Gasteiger partial charge in [-0.05, 0) is 31.5 Å². The third-order valence-electron chi connectivity index (χ3n) is 3.02. The number of thiophene rings is 1. The van der Waals surface area contributed by atoms with Gasteiger partial charge in [0.15, 0.2) is 0 Å². The molecule has 3 rings (SSSR count). The van der Waals surface area contributed by atoms with Crippen molar-refractivity contribution in [2.45, 2.75) is 26.9 Å². The molecule has 0 unspecified atom stereocenters. The first-order valence-corrected chi connectivity index (χ1v) is 7.81. The van der Waals surface area contributed by atoms with Gasteiger partial charge in [-0.1, -0.05) is 6.92 Å². The first-order chi connectivity index (χ1) is 10.3. The normalized spacial score (nSPS) is 11.0. The van der Waals surface area contributed by atoms with Crippen LogP contribution in [-0.2, 0) is 13.0 Å². The molecule has 0 spiro atoms. The van der Waals surface area contributed by atoms with Gasteiger partial charge >= 0.3 is 0 Å². The van der Waals surface area contributed by atoms with Crippen molar-refractivity contribution in [2.75, 3.05) is 11.9 Å². The van der Waals surface area contributed by atoms with Crippen molar-refractivity contribution < 1.29 is 9.15 Å². The van der Waals surface area contributed by atoms with Crippen molar-refractivity contribution in [2.24, 2.45) is 0 Å². The van der Waals surface area contributed by atoms with Crippen LogP contribution < -0.4 is 10.1 Å². The van der Waals surface area contributed by atoms with Crippen molar-refractivity contribution in [3.05, 3.63) is 35.1 Å². The zero-order valence-electron chi connectivity index (χ0n) is 12.0. The number of furan rings is 1. The van der Waals surface area contributed by atoms with E-state index >= 15 is 0 Å². The number of rotatable bonds is 6. The minimum Gasteiger partial charge on any atom is -0.469 e. The van der Waals surface area contributed by atoms with E-state index in [4.69, 9.17) is 9.15 Å². The van der Waals surface area contributed by atoms with Crippen LogP contribution in [-0.4, -0.2) is 16.5 Å². The molecule has 0 saturated heterocycles. The second kappa shape index (κ2) is 6.13. The van der Waals surface area contributed by atoms with Gasteiger partial charge in [-0.25, -0.2) is 4.98 Å². The second-order valence-electron chi connectivity index (χ2n) is 4.54. The number of nitrogens with zero attached hydrogens (tertiary/aromatic N) is 2. The first kappa shape index (κ1) is 13.9. The molecule has 0 radical (unpaired) electrons. The van der Waals surface area contributed by atoms with E-state index in [0.29, 0.717) is 18.4 Å². The Balaban J connectivity index is 1.94. The van der Waals surface area contributed by atoms with Gasteiger partial charge in [0.05, 0.1) is 11.6 Å². The number of aryl methyl sites for hydroxylation is 1. The van der Waals surface area contributed by atoms with Crippen molar-refractivity contribution in [3.63, 3.8) is 0 Å². The van der Waals surface area contributed by atoms with E-state index in [9.17, 15) is 0 Å². The van der Waals surface area contributed by atoms with E-state index in [0.717, 1.165) is 28.9 Å². The highest BCUT2D eigenvalue weighted by molar-refractivity contribution is 7.18. The lowest BCUT2D eigenvalue weighted by molar-refractivity contribution is 0.264. The largest absolute Gasteiger partial charge is 0.469 e. The number of anilines is 1. The van der Waals surface area contributed by atoms with Gasteiger partial charge in [0.25, 0.3) is 0 Å². The van der Waals surface area contributed by atoms with Gasteiger partial charge < -0.3 is 14.5 Å².